The third kappa shape index (κ3) is 3.25. The Hall–Kier alpha value is -1.13. The van der Waals surface area contributed by atoms with Gasteiger partial charge >= 0.3 is 0 Å². The average molecular weight is 268 g/mol. The molecule has 0 aliphatic rings. The molecule has 0 bridgehead atoms. The molecule has 108 valence electrons. The molecule has 4 heteroatoms. The Labute approximate surface area is 115 Å². The minimum Gasteiger partial charge on any atom is -0.382 e. The van der Waals surface area contributed by atoms with Crippen molar-refractivity contribution >= 4 is 5.69 Å². The van der Waals surface area contributed by atoms with E-state index in [9.17, 15) is 4.39 Å². The van der Waals surface area contributed by atoms with Crippen molar-refractivity contribution in [3.63, 3.8) is 0 Å². The van der Waals surface area contributed by atoms with Gasteiger partial charge in [0.2, 0.25) is 0 Å². The van der Waals surface area contributed by atoms with E-state index in [0.717, 1.165) is 12.2 Å². The van der Waals surface area contributed by atoms with Crippen molar-refractivity contribution in [2.45, 2.75) is 26.3 Å². The Morgan fingerprint density at radius 3 is 2.53 bits per heavy atom. The van der Waals surface area contributed by atoms with Gasteiger partial charge in [0.05, 0.1) is 12.1 Å². The lowest BCUT2D eigenvalue weighted by molar-refractivity contribution is 0.103. The molecule has 2 N–H and O–H groups in total. The van der Waals surface area contributed by atoms with Crippen LogP contribution in [0.5, 0.6) is 0 Å². The van der Waals surface area contributed by atoms with Crippen LogP contribution in [-0.4, -0.2) is 32.3 Å². The number of hydrogen-bond donors (Lipinski definition) is 1. The second kappa shape index (κ2) is 6.87. The van der Waals surface area contributed by atoms with Gasteiger partial charge in [-0.15, -0.1) is 0 Å². The van der Waals surface area contributed by atoms with Crippen LogP contribution in [0, 0.1) is 11.7 Å². The van der Waals surface area contributed by atoms with Crippen LogP contribution < -0.4 is 10.6 Å². The average Bonchev–Trinajstić information content (AvgIpc) is 2.38. The highest BCUT2D eigenvalue weighted by molar-refractivity contribution is 5.50. The molecule has 0 fully saturated rings. The minimum atomic E-state index is -0.322. The van der Waals surface area contributed by atoms with E-state index in [-0.39, 0.29) is 11.4 Å². The van der Waals surface area contributed by atoms with Crippen molar-refractivity contribution in [3.05, 3.63) is 30.1 Å². The predicted octanol–water partition coefficient (Wildman–Crippen LogP) is 2.65. The summed E-state index contributed by atoms with van der Waals surface area (Å²) in [5.41, 5.74) is 6.56. The second-order valence-corrected chi connectivity index (χ2v) is 5.12. The van der Waals surface area contributed by atoms with Crippen molar-refractivity contribution in [3.8, 4) is 0 Å². The highest BCUT2D eigenvalue weighted by Gasteiger charge is 2.38. The lowest BCUT2D eigenvalue weighted by Crippen LogP contribution is -2.60. The number of rotatable bonds is 7. The summed E-state index contributed by atoms with van der Waals surface area (Å²) >= 11 is 0. The normalized spacial score (nSPS) is 14.5. The van der Waals surface area contributed by atoms with Crippen molar-refractivity contribution in [1.82, 2.24) is 0 Å². The lowest BCUT2D eigenvalue weighted by atomic mass is 9.84. The number of benzene rings is 1. The lowest BCUT2D eigenvalue weighted by Gasteiger charge is -2.47. The molecule has 0 aromatic heterocycles. The number of ether oxygens (including phenoxy) is 1. The summed E-state index contributed by atoms with van der Waals surface area (Å²) in [6, 6.07) is 6.63. The summed E-state index contributed by atoms with van der Waals surface area (Å²) in [7, 11) is 1.67. The van der Waals surface area contributed by atoms with E-state index < -0.39 is 0 Å². The van der Waals surface area contributed by atoms with Crippen molar-refractivity contribution < 1.29 is 9.13 Å². The molecular weight excluding hydrogens is 243 g/mol. The molecule has 0 aliphatic carbocycles. The quantitative estimate of drug-likeness (QED) is 0.826. The van der Waals surface area contributed by atoms with Crippen LogP contribution in [0.3, 0.4) is 0 Å². The molecule has 0 amide bonds. The Bertz CT molecular complexity index is 397. The Morgan fingerprint density at radius 2 is 2.11 bits per heavy atom. The largest absolute Gasteiger partial charge is 0.382 e. The first-order chi connectivity index (χ1) is 9.01. The van der Waals surface area contributed by atoms with E-state index in [0.29, 0.717) is 19.1 Å². The molecule has 1 unspecified atom stereocenters. The molecule has 3 nitrogen and oxygen atoms in total. The number of nitrogens with zero attached hydrogens (tertiary/aromatic N) is 1. The van der Waals surface area contributed by atoms with Crippen molar-refractivity contribution in [1.29, 1.82) is 0 Å². The zero-order chi connectivity index (χ0) is 14.5. The van der Waals surface area contributed by atoms with Gasteiger partial charge in [-0.1, -0.05) is 19.9 Å². The summed E-state index contributed by atoms with van der Waals surface area (Å²) in [5.74, 6) is 0.0590. The van der Waals surface area contributed by atoms with Crippen LogP contribution in [0.4, 0.5) is 10.1 Å². The molecular formula is C15H25FN2O. The smallest absolute Gasteiger partial charge is 0.125 e. The molecule has 1 aromatic rings. The topological polar surface area (TPSA) is 38.5 Å². The van der Waals surface area contributed by atoms with E-state index in [4.69, 9.17) is 10.5 Å². The highest BCUT2D eigenvalue weighted by atomic mass is 19.1. The Balaban J connectivity index is 3.23. The Morgan fingerprint density at radius 1 is 1.42 bits per heavy atom. The number of hydrogen-bond acceptors (Lipinski definition) is 3. The summed E-state index contributed by atoms with van der Waals surface area (Å²) in [6.45, 7) is 8.02. The SMILES string of the molecule is CCN(c1cccc(F)c1)C(CN)(COC)C(C)C. The van der Waals surface area contributed by atoms with Gasteiger partial charge in [-0.25, -0.2) is 4.39 Å². The maximum atomic E-state index is 13.5. The highest BCUT2D eigenvalue weighted by Crippen LogP contribution is 2.30. The first kappa shape index (κ1) is 15.9. The molecule has 0 spiro atoms. The third-order valence-corrected chi connectivity index (χ3v) is 3.80. The summed E-state index contributed by atoms with van der Waals surface area (Å²) < 4.78 is 18.8. The zero-order valence-corrected chi connectivity index (χ0v) is 12.3. The van der Waals surface area contributed by atoms with Gasteiger partial charge < -0.3 is 15.4 Å². The van der Waals surface area contributed by atoms with Crippen molar-refractivity contribution in [2.24, 2.45) is 11.7 Å². The number of likely N-dealkylation sites (N-methyl/N-ethyl adjacent to an activating group) is 1. The number of anilines is 1. The van der Waals surface area contributed by atoms with E-state index in [1.807, 2.05) is 13.0 Å². The van der Waals surface area contributed by atoms with Gasteiger partial charge in [0.15, 0.2) is 0 Å². The Kier molecular flexibility index (Phi) is 5.76. The summed E-state index contributed by atoms with van der Waals surface area (Å²) in [5, 5.41) is 0. The van der Waals surface area contributed by atoms with Crippen LogP contribution in [-0.2, 0) is 4.74 Å². The van der Waals surface area contributed by atoms with Crippen molar-refractivity contribution in [2.75, 3.05) is 31.7 Å². The molecule has 1 aromatic carbocycles. The predicted molar refractivity (Wildman–Crippen MR) is 77.9 cm³/mol. The van der Waals surface area contributed by atoms with Gasteiger partial charge in [0.1, 0.15) is 5.82 Å². The first-order valence-electron chi connectivity index (χ1n) is 6.74. The van der Waals surface area contributed by atoms with Gasteiger partial charge in [-0.05, 0) is 31.0 Å². The fraction of sp³-hybridized carbons (Fsp3) is 0.600. The van der Waals surface area contributed by atoms with Gasteiger partial charge in [-0.2, -0.15) is 0 Å². The molecule has 0 aliphatic heterocycles. The van der Waals surface area contributed by atoms with Crippen LogP contribution in [0.25, 0.3) is 0 Å². The van der Waals surface area contributed by atoms with Crippen LogP contribution in [0.1, 0.15) is 20.8 Å². The molecule has 0 radical (unpaired) electrons. The number of halogens is 1. The molecule has 0 saturated heterocycles. The minimum absolute atomic E-state index is 0.233. The van der Waals surface area contributed by atoms with Gasteiger partial charge in [0, 0.05) is 25.9 Å². The van der Waals surface area contributed by atoms with Crippen LogP contribution >= 0.6 is 0 Å². The maximum Gasteiger partial charge on any atom is 0.125 e. The van der Waals surface area contributed by atoms with Gasteiger partial charge in [-0.3, -0.25) is 0 Å². The van der Waals surface area contributed by atoms with E-state index >= 15 is 0 Å². The number of nitrogens with two attached hydrogens (primary N) is 1. The van der Waals surface area contributed by atoms with E-state index in [1.54, 1.807) is 19.2 Å². The summed E-state index contributed by atoms with van der Waals surface area (Å²) in [4.78, 5) is 2.14. The second-order valence-electron chi connectivity index (χ2n) is 5.12. The molecule has 0 heterocycles. The molecule has 19 heavy (non-hydrogen) atoms. The maximum absolute atomic E-state index is 13.5. The fourth-order valence-corrected chi connectivity index (χ4v) is 2.61. The number of methoxy groups -OCH3 is 1. The third-order valence-electron chi connectivity index (χ3n) is 3.80. The van der Waals surface area contributed by atoms with E-state index in [2.05, 4.69) is 18.7 Å². The first-order valence-corrected chi connectivity index (χ1v) is 6.74. The standard InChI is InChI=1S/C15H25FN2O/c1-5-18(14-8-6-7-13(16)9-14)15(10-17,11-19-4)12(2)3/h6-9,12H,5,10-11,17H2,1-4H3. The fourth-order valence-electron chi connectivity index (χ4n) is 2.61. The monoisotopic (exact) mass is 268 g/mol. The van der Waals surface area contributed by atoms with Gasteiger partial charge in [0.25, 0.3) is 0 Å². The molecule has 0 saturated carbocycles. The van der Waals surface area contributed by atoms with Crippen LogP contribution in [0.2, 0.25) is 0 Å². The molecule has 1 rings (SSSR count). The van der Waals surface area contributed by atoms with E-state index in [1.165, 1.54) is 6.07 Å². The zero-order valence-electron chi connectivity index (χ0n) is 12.3. The molecule has 1 atom stereocenters. The van der Waals surface area contributed by atoms with Crippen LogP contribution in [0.15, 0.2) is 24.3 Å². The summed E-state index contributed by atoms with van der Waals surface area (Å²) in [6.07, 6.45) is 0.